The van der Waals surface area contributed by atoms with Gasteiger partial charge in [0.25, 0.3) is 0 Å². The molecule has 4 nitrogen and oxygen atoms in total. The molecule has 0 amide bonds. The van der Waals surface area contributed by atoms with Crippen molar-refractivity contribution >= 4 is 17.3 Å². The van der Waals surface area contributed by atoms with Crippen molar-refractivity contribution in [2.24, 2.45) is 0 Å². The molecule has 0 saturated carbocycles. The molecule has 0 heterocycles. The Hall–Kier alpha value is -0.230. The van der Waals surface area contributed by atoms with Gasteiger partial charge >= 0.3 is 0 Å². The van der Waals surface area contributed by atoms with Crippen molar-refractivity contribution in [1.82, 2.24) is 0 Å². The molecule has 0 aliphatic carbocycles. The van der Waals surface area contributed by atoms with Gasteiger partial charge in [-0.15, -0.1) is 0 Å². The molecule has 0 fully saturated rings. The maximum absolute atomic E-state index is 8.76. The summed E-state index contributed by atoms with van der Waals surface area (Å²) in [6, 6.07) is 0. The van der Waals surface area contributed by atoms with Gasteiger partial charge in [0.05, 0.1) is 13.2 Å². The van der Waals surface area contributed by atoms with Crippen molar-refractivity contribution in [2.45, 2.75) is 6.10 Å². The lowest BCUT2D eigenvalue weighted by Crippen LogP contribution is -2.25. The fourth-order valence-corrected chi connectivity index (χ4v) is 0.475. The second-order valence-corrected chi connectivity index (χ2v) is 1.99. The first kappa shape index (κ1) is 9.77. The van der Waals surface area contributed by atoms with Crippen LogP contribution in [0.25, 0.3) is 0 Å². The van der Waals surface area contributed by atoms with Gasteiger partial charge in [-0.2, -0.15) is 0 Å². The third kappa shape index (κ3) is 3.73. The Morgan fingerprint density at radius 2 is 2.10 bits per heavy atom. The second kappa shape index (κ2) is 5.55. The molecule has 0 aliphatic rings. The lowest BCUT2D eigenvalue weighted by atomic mass is 10.4. The van der Waals surface area contributed by atoms with E-state index < -0.39 is 12.7 Å². The van der Waals surface area contributed by atoms with Gasteiger partial charge < -0.3 is 20.1 Å². The van der Waals surface area contributed by atoms with Crippen LogP contribution in [0.3, 0.4) is 0 Å². The van der Waals surface area contributed by atoms with E-state index in [1.165, 1.54) is 0 Å². The molecule has 0 aromatic carbocycles. The van der Waals surface area contributed by atoms with Crippen LogP contribution in [0.5, 0.6) is 0 Å². The second-order valence-electron chi connectivity index (χ2n) is 1.59. The van der Waals surface area contributed by atoms with E-state index in [4.69, 9.17) is 15.3 Å². The van der Waals surface area contributed by atoms with E-state index in [-0.39, 0.29) is 18.3 Å². The minimum absolute atomic E-state index is 0.0515. The zero-order valence-electron chi connectivity index (χ0n) is 5.36. The summed E-state index contributed by atoms with van der Waals surface area (Å²) in [6.45, 7) is -0.557. The Kier molecular flexibility index (Phi) is 5.42. The van der Waals surface area contributed by atoms with Gasteiger partial charge in [0, 0.05) is 0 Å². The number of hydrogen-bond acceptors (Lipinski definition) is 5. The lowest BCUT2D eigenvalue weighted by Gasteiger charge is -2.08. The van der Waals surface area contributed by atoms with E-state index in [9.17, 15) is 0 Å². The van der Waals surface area contributed by atoms with E-state index in [1.54, 1.807) is 0 Å². The summed E-state index contributed by atoms with van der Waals surface area (Å²) in [4.78, 5) is 0. The van der Waals surface area contributed by atoms with E-state index in [1.807, 2.05) is 0 Å². The molecule has 0 spiro atoms. The zero-order valence-corrected chi connectivity index (χ0v) is 6.17. The molecule has 0 aromatic rings. The molecular weight excluding hydrogens is 156 g/mol. The van der Waals surface area contributed by atoms with Gasteiger partial charge in [-0.1, -0.05) is 0 Å². The Morgan fingerprint density at radius 3 is 2.50 bits per heavy atom. The fraction of sp³-hybridized carbons (Fsp3) is 0.800. The average molecular weight is 166 g/mol. The van der Waals surface area contributed by atoms with Gasteiger partial charge in [0.1, 0.15) is 12.7 Å². The molecule has 10 heavy (non-hydrogen) atoms. The first-order valence-corrected chi connectivity index (χ1v) is 3.19. The van der Waals surface area contributed by atoms with Crippen LogP contribution in [0.15, 0.2) is 0 Å². The molecule has 0 rings (SSSR count). The Labute approximate surface area is 64.1 Å². The number of hydrogen-bond donors (Lipinski definition) is 3. The molecule has 0 radical (unpaired) electrons. The molecule has 0 saturated heterocycles. The maximum Gasteiger partial charge on any atom is 0.191 e. The van der Waals surface area contributed by atoms with Gasteiger partial charge in [-0.3, -0.25) is 0 Å². The van der Waals surface area contributed by atoms with E-state index in [0.29, 0.717) is 0 Å². The maximum atomic E-state index is 8.76. The summed E-state index contributed by atoms with van der Waals surface area (Å²) in [5.74, 6) is 0. The molecule has 1 unspecified atom stereocenters. The molecule has 0 aromatic heterocycles. The predicted molar refractivity (Wildman–Crippen MR) is 38.7 cm³/mol. The van der Waals surface area contributed by atoms with Crippen LogP contribution in [-0.4, -0.2) is 46.3 Å². The number of rotatable bonds is 4. The number of aliphatic hydroxyl groups is 3. The third-order valence-corrected chi connectivity index (χ3v) is 1.17. The van der Waals surface area contributed by atoms with Gasteiger partial charge in [-0.05, 0) is 12.2 Å². The fourth-order valence-electron chi connectivity index (χ4n) is 0.317. The predicted octanol–water partition coefficient (Wildman–Crippen LogP) is -1.32. The van der Waals surface area contributed by atoms with Gasteiger partial charge in [0.15, 0.2) is 5.05 Å². The quantitative estimate of drug-likeness (QED) is 0.452. The van der Waals surface area contributed by atoms with E-state index in [2.05, 4.69) is 17.0 Å². The zero-order chi connectivity index (χ0) is 7.98. The minimum atomic E-state index is -1.12. The van der Waals surface area contributed by atoms with Gasteiger partial charge in [0.2, 0.25) is 0 Å². The van der Waals surface area contributed by atoms with Crippen molar-refractivity contribution in [3.05, 3.63) is 0 Å². The largest absolute Gasteiger partial charge is 0.482 e. The van der Waals surface area contributed by atoms with Crippen LogP contribution in [0, 0.1) is 0 Å². The van der Waals surface area contributed by atoms with Crippen LogP contribution >= 0.6 is 12.2 Å². The highest BCUT2D eigenvalue weighted by Crippen LogP contribution is 1.89. The molecule has 3 N–H and O–H groups in total. The molecule has 0 aliphatic heterocycles. The van der Waals surface area contributed by atoms with Crippen LogP contribution in [0.1, 0.15) is 0 Å². The highest BCUT2D eigenvalue weighted by Gasteiger charge is 2.09. The smallest absolute Gasteiger partial charge is 0.191 e. The third-order valence-electron chi connectivity index (χ3n) is 0.781. The van der Waals surface area contributed by atoms with Crippen LogP contribution in [0.4, 0.5) is 0 Å². The number of aliphatic hydroxyl groups excluding tert-OH is 3. The summed E-state index contributed by atoms with van der Waals surface area (Å²) in [6.07, 6.45) is -1.12. The number of ether oxygens (including phenoxy) is 1. The Bertz CT molecular complexity index is 106. The van der Waals surface area contributed by atoms with Crippen LogP contribution in [0.2, 0.25) is 0 Å². The van der Waals surface area contributed by atoms with Crippen LogP contribution in [-0.2, 0) is 4.74 Å². The van der Waals surface area contributed by atoms with Crippen molar-refractivity contribution in [3.8, 4) is 0 Å². The Balaban J connectivity index is 3.42. The lowest BCUT2D eigenvalue weighted by molar-refractivity contribution is 0.113. The first-order valence-electron chi connectivity index (χ1n) is 2.78. The van der Waals surface area contributed by atoms with Crippen molar-refractivity contribution < 1.29 is 20.1 Å². The number of thiocarbonyl (C=S) groups is 1. The minimum Gasteiger partial charge on any atom is -0.482 e. The highest BCUT2D eigenvalue weighted by molar-refractivity contribution is 7.80. The van der Waals surface area contributed by atoms with E-state index in [0.717, 1.165) is 0 Å². The molecule has 60 valence electrons. The molecule has 0 bridgehead atoms. The summed E-state index contributed by atoms with van der Waals surface area (Å²) in [7, 11) is 0. The summed E-state index contributed by atoms with van der Waals surface area (Å²) < 4.78 is 4.62. The van der Waals surface area contributed by atoms with Crippen molar-refractivity contribution in [3.63, 3.8) is 0 Å². The standard InChI is InChI=1S/C5H10O4S/c6-1-2-9-5(10)4(8)3-7/h4,6-8H,1-3H2. The summed E-state index contributed by atoms with van der Waals surface area (Å²) >= 11 is 4.50. The van der Waals surface area contributed by atoms with Crippen LogP contribution < -0.4 is 0 Å². The average Bonchev–Trinajstić information content (AvgIpc) is 1.98. The summed E-state index contributed by atoms with van der Waals surface area (Å²) in [5.41, 5.74) is 0. The first-order chi connectivity index (χ1) is 4.72. The van der Waals surface area contributed by atoms with Crippen molar-refractivity contribution in [1.29, 1.82) is 0 Å². The highest BCUT2D eigenvalue weighted by atomic mass is 32.1. The van der Waals surface area contributed by atoms with E-state index >= 15 is 0 Å². The SMILES string of the molecule is OCCOC(=S)C(O)CO. The molecular formula is C5H10O4S. The summed E-state index contributed by atoms with van der Waals surface area (Å²) in [5, 5.41) is 25.2. The Morgan fingerprint density at radius 1 is 1.50 bits per heavy atom. The van der Waals surface area contributed by atoms with Gasteiger partial charge in [-0.25, -0.2) is 0 Å². The molecule has 5 heteroatoms. The van der Waals surface area contributed by atoms with Crippen molar-refractivity contribution in [2.75, 3.05) is 19.8 Å². The topological polar surface area (TPSA) is 69.9 Å². The normalized spacial score (nSPS) is 12.7. The monoisotopic (exact) mass is 166 g/mol. The molecule has 1 atom stereocenters.